The number of aryl methyl sites for hydroxylation is 1. The Morgan fingerprint density at radius 3 is 2.47 bits per heavy atom. The molecule has 0 bridgehead atoms. The Hall–Kier alpha value is -2.45. The van der Waals surface area contributed by atoms with E-state index in [2.05, 4.69) is 10.2 Å². The van der Waals surface area contributed by atoms with Gasteiger partial charge in [0.15, 0.2) is 0 Å². The van der Waals surface area contributed by atoms with Crippen LogP contribution in [-0.4, -0.2) is 70.5 Å². The van der Waals surface area contributed by atoms with Crippen LogP contribution in [0.4, 0.5) is 0 Å². The monoisotopic (exact) mass is 737 g/mol. The summed E-state index contributed by atoms with van der Waals surface area (Å²) < 4.78 is 31.2. The van der Waals surface area contributed by atoms with E-state index in [1.807, 2.05) is 79.9 Å². The zero-order valence-corrected chi connectivity index (χ0v) is 28.3. The van der Waals surface area contributed by atoms with Crippen LogP contribution < -0.4 is 26.9 Å². The van der Waals surface area contributed by atoms with Crippen molar-refractivity contribution in [3.05, 3.63) is 95.1 Å². The van der Waals surface area contributed by atoms with Gasteiger partial charge in [0.05, 0.1) is 0 Å². The van der Waals surface area contributed by atoms with Gasteiger partial charge in [0.25, 0.3) is 0 Å². The van der Waals surface area contributed by atoms with Crippen LogP contribution in [0.5, 0.6) is 0 Å². The second kappa shape index (κ2) is 15.5. The number of nitrogens with zero attached hydrogens (tertiary/aromatic N) is 1. The number of carbonyl (C=O) groups is 2. The number of halogens is 1. The molecule has 1 saturated heterocycles. The summed E-state index contributed by atoms with van der Waals surface area (Å²) in [5.74, 6) is -0.881. The second-order valence-electron chi connectivity index (χ2n) is 10.7. The molecule has 8 nitrogen and oxygen atoms in total. The van der Waals surface area contributed by atoms with Crippen molar-refractivity contribution in [3.8, 4) is 11.1 Å². The predicted octanol–water partition coefficient (Wildman–Crippen LogP) is 1.76. The molecule has 0 saturated carbocycles. The molecular formula is C32H38IN2O6S2-. The molecule has 0 spiro atoms. The van der Waals surface area contributed by atoms with Crippen molar-refractivity contribution in [3.63, 3.8) is 0 Å². The summed E-state index contributed by atoms with van der Waals surface area (Å²) in [6.45, 7) is 3.41. The average molecular weight is 738 g/mol. The molecule has 2 N–H and O–H groups in total. The number of hydrogen-bond acceptors (Lipinski definition) is 7. The first-order valence-electron chi connectivity index (χ1n) is 14.0. The van der Waals surface area contributed by atoms with Crippen molar-refractivity contribution in [2.24, 2.45) is 0 Å². The SMILES string of the molecule is CSCC[C@H](NC(=O)c1ccc(CN2C[C@H](S(C)(=O)=O)C[C@H]2[I-]OCc2ccccc2)cc1-c1ccccc1C)C(=O)O. The number of amides is 1. The minimum absolute atomic E-state index is 0.0277. The third kappa shape index (κ3) is 9.27. The van der Waals surface area contributed by atoms with Crippen LogP contribution in [-0.2, 0) is 30.8 Å². The van der Waals surface area contributed by atoms with Crippen molar-refractivity contribution >= 4 is 33.5 Å². The summed E-state index contributed by atoms with van der Waals surface area (Å²) in [4.78, 5) is 27.5. The Morgan fingerprint density at radius 1 is 1.07 bits per heavy atom. The summed E-state index contributed by atoms with van der Waals surface area (Å²) in [6.07, 6.45) is 4.07. The van der Waals surface area contributed by atoms with Crippen molar-refractivity contribution in [1.29, 1.82) is 0 Å². The number of carbonyl (C=O) groups excluding carboxylic acids is 1. The molecule has 3 aromatic carbocycles. The first-order chi connectivity index (χ1) is 20.6. The minimum atomic E-state index is -3.22. The van der Waals surface area contributed by atoms with Gasteiger partial charge < -0.3 is 0 Å². The molecule has 11 heteroatoms. The molecule has 3 atom stereocenters. The molecule has 0 aromatic heterocycles. The van der Waals surface area contributed by atoms with Gasteiger partial charge in [-0.05, 0) is 6.26 Å². The van der Waals surface area contributed by atoms with E-state index >= 15 is 0 Å². The van der Waals surface area contributed by atoms with E-state index in [9.17, 15) is 23.1 Å². The van der Waals surface area contributed by atoms with Gasteiger partial charge in [-0.2, -0.15) is 11.8 Å². The number of thioether (sulfide) groups is 1. The summed E-state index contributed by atoms with van der Waals surface area (Å²) in [5.41, 5.74) is 5.02. The second-order valence-corrected chi connectivity index (χ2v) is 16.6. The molecule has 43 heavy (non-hydrogen) atoms. The van der Waals surface area contributed by atoms with E-state index in [1.165, 1.54) is 18.0 Å². The van der Waals surface area contributed by atoms with Crippen LogP contribution >= 0.6 is 11.8 Å². The van der Waals surface area contributed by atoms with E-state index < -0.39 is 54.6 Å². The fraction of sp³-hybridized carbons (Fsp3) is 0.375. The Labute approximate surface area is 269 Å². The first kappa shape index (κ1) is 33.4. The zero-order chi connectivity index (χ0) is 31.0. The number of likely N-dealkylation sites (tertiary alicyclic amines) is 1. The number of benzene rings is 3. The van der Waals surface area contributed by atoms with Gasteiger partial charge in [-0.25, -0.2) is 0 Å². The van der Waals surface area contributed by atoms with Gasteiger partial charge in [-0.1, -0.05) is 0 Å². The van der Waals surface area contributed by atoms with Crippen LogP contribution in [0.3, 0.4) is 0 Å². The van der Waals surface area contributed by atoms with Gasteiger partial charge in [-0.15, -0.1) is 0 Å². The molecular weight excluding hydrogens is 699 g/mol. The maximum absolute atomic E-state index is 13.5. The third-order valence-electron chi connectivity index (χ3n) is 7.49. The van der Waals surface area contributed by atoms with Crippen LogP contribution in [0.1, 0.15) is 39.9 Å². The summed E-state index contributed by atoms with van der Waals surface area (Å²) in [6, 6.07) is 22.3. The molecule has 1 aliphatic heterocycles. The first-order valence-corrected chi connectivity index (χ1v) is 19.5. The third-order valence-corrected chi connectivity index (χ3v) is 12.2. The normalized spacial score (nSPS) is 18.0. The standard InChI is InChI=1S/C32H38IN2O6S2/c1-22-9-7-8-12-26(22)28-17-24(13-14-27(28)31(36)34-29(32(37)38)15-16-42-2)19-35-20-25(43(3,39)40)18-30(35)33-41-21-23-10-5-4-6-11-23/h4-14,17,25,29-30H,15-16,18-21H2,1-3H3,(H,34,36)(H,37,38)/q-1/t25-,29+,30+/m1/s1. The quantitative estimate of drug-likeness (QED) is 0.146. The maximum atomic E-state index is 13.5. The number of sulfone groups is 1. The number of alkyl halides is 1. The van der Waals surface area contributed by atoms with Crippen molar-refractivity contribution in [2.75, 3.05) is 24.8 Å². The fourth-order valence-corrected chi connectivity index (χ4v) is 9.41. The molecule has 0 radical (unpaired) electrons. The fourth-order valence-electron chi connectivity index (χ4n) is 5.07. The molecule has 1 aliphatic rings. The predicted molar refractivity (Wildman–Crippen MR) is 167 cm³/mol. The summed E-state index contributed by atoms with van der Waals surface area (Å²) >= 11 is 0.755. The Bertz CT molecular complexity index is 1520. The number of rotatable bonds is 14. The number of aliphatic carboxylic acids is 1. The van der Waals surface area contributed by atoms with Crippen LogP contribution in [0.15, 0.2) is 72.8 Å². The van der Waals surface area contributed by atoms with E-state index in [0.29, 0.717) is 49.4 Å². The molecule has 1 amide bonds. The molecule has 0 unspecified atom stereocenters. The average Bonchev–Trinajstić information content (AvgIpc) is 3.39. The summed E-state index contributed by atoms with van der Waals surface area (Å²) in [5, 5.41) is 11.9. The molecule has 1 fully saturated rings. The van der Waals surface area contributed by atoms with Gasteiger partial charge in [0, 0.05) is 0 Å². The zero-order valence-electron chi connectivity index (χ0n) is 24.5. The van der Waals surface area contributed by atoms with E-state index in [1.54, 1.807) is 6.07 Å². The Kier molecular flexibility index (Phi) is 12.1. The number of nitrogens with one attached hydrogen (secondary N) is 1. The van der Waals surface area contributed by atoms with Gasteiger partial charge in [-0.3, -0.25) is 0 Å². The number of carboxylic acids is 1. The van der Waals surface area contributed by atoms with E-state index in [-0.39, 0.29) is 4.05 Å². The van der Waals surface area contributed by atoms with Crippen molar-refractivity contribution in [2.45, 2.75) is 48.3 Å². The van der Waals surface area contributed by atoms with E-state index in [4.69, 9.17) is 3.07 Å². The molecule has 0 aliphatic carbocycles. The Morgan fingerprint density at radius 2 is 1.79 bits per heavy atom. The van der Waals surface area contributed by atoms with Crippen molar-refractivity contribution in [1.82, 2.24) is 10.2 Å². The van der Waals surface area contributed by atoms with Gasteiger partial charge in [0.1, 0.15) is 0 Å². The van der Waals surface area contributed by atoms with Crippen molar-refractivity contribution < 1.29 is 47.8 Å². The molecule has 3 aromatic rings. The van der Waals surface area contributed by atoms with Crippen LogP contribution in [0.2, 0.25) is 0 Å². The molecule has 1 heterocycles. The van der Waals surface area contributed by atoms with Crippen LogP contribution in [0, 0.1) is 6.92 Å². The number of hydrogen-bond donors (Lipinski definition) is 2. The van der Waals surface area contributed by atoms with Crippen LogP contribution in [0.25, 0.3) is 11.1 Å². The molecule has 4 rings (SSSR count). The Balaban J connectivity index is 1.60. The number of carboxylic acid groups (broad SMARTS) is 1. The van der Waals surface area contributed by atoms with Gasteiger partial charge in [0.2, 0.25) is 0 Å². The topological polar surface area (TPSA) is 113 Å². The summed E-state index contributed by atoms with van der Waals surface area (Å²) in [7, 11) is -3.22. The van der Waals surface area contributed by atoms with E-state index in [0.717, 1.165) is 22.3 Å². The molecule has 232 valence electrons. The van der Waals surface area contributed by atoms with Gasteiger partial charge >= 0.3 is 253 Å².